The predicted octanol–water partition coefficient (Wildman–Crippen LogP) is 2.62. The van der Waals surface area contributed by atoms with E-state index in [2.05, 4.69) is 11.1 Å². The number of aromatic amines is 1. The van der Waals surface area contributed by atoms with Crippen LogP contribution in [0.2, 0.25) is 0 Å². The fraction of sp³-hybridized carbons (Fsp3) is 0.176. The average molecular weight is 325 g/mol. The highest BCUT2D eigenvalue weighted by Gasteiger charge is 2.33. The molecular weight excluding hydrogens is 310 g/mol. The summed E-state index contributed by atoms with van der Waals surface area (Å²) in [6.45, 7) is 1.77. The third kappa shape index (κ3) is 2.60. The molecule has 0 fully saturated rings. The van der Waals surface area contributed by atoms with Gasteiger partial charge in [-0.05, 0) is 30.9 Å². The first-order valence-corrected chi connectivity index (χ1v) is 8.23. The number of nitrogens with two attached hydrogens (primary N) is 1. The molecule has 0 bridgehead atoms. The van der Waals surface area contributed by atoms with Crippen LogP contribution in [0.1, 0.15) is 22.7 Å². The number of fused-ring (bicyclic) bond motifs is 1. The zero-order valence-corrected chi connectivity index (χ0v) is 13.5. The summed E-state index contributed by atoms with van der Waals surface area (Å²) >= 11 is 1.63. The number of hydrogen-bond donors (Lipinski definition) is 2. The van der Waals surface area contributed by atoms with Gasteiger partial charge in [-0.15, -0.1) is 11.8 Å². The monoisotopic (exact) mass is 325 g/mol. The second-order valence-corrected chi connectivity index (χ2v) is 6.14. The van der Waals surface area contributed by atoms with Crippen LogP contribution < -0.4 is 16.0 Å². The van der Waals surface area contributed by atoms with Crippen LogP contribution in [0, 0.1) is 18.3 Å². The van der Waals surface area contributed by atoms with Gasteiger partial charge in [0.05, 0.1) is 11.5 Å². The van der Waals surface area contributed by atoms with E-state index in [0.717, 1.165) is 10.5 Å². The predicted molar refractivity (Wildman–Crippen MR) is 89.3 cm³/mol. The lowest BCUT2D eigenvalue weighted by molar-refractivity contribution is 0.391. The topological polar surface area (TPSA) is 91.9 Å². The number of aryl methyl sites for hydroxylation is 1. The number of thioether (sulfide) groups is 1. The first kappa shape index (κ1) is 15.3. The molecule has 1 atom stereocenters. The van der Waals surface area contributed by atoms with Crippen LogP contribution in [-0.4, -0.2) is 11.2 Å². The molecule has 23 heavy (non-hydrogen) atoms. The normalized spacial score (nSPS) is 16.5. The van der Waals surface area contributed by atoms with E-state index in [0.29, 0.717) is 17.0 Å². The third-order valence-electron chi connectivity index (χ3n) is 3.80. The van der Waals surface area contributed by atoms with Gasteiger partial charge in [0.15, 0.2) is 0 Å². The number of pyridine rings is 1. The van der Waals surface area contributed by atoms with Crippen molar-refractivity contribution < 1.29 is 4.74 Å². The van der Waals surface area contributed by atoms with Crippen molar-refractivity contribution in [3.8, 4) is 11.8 Å². The molecule has 0 amide bonds. The largest absolute Gasteiger partial charge is 0.440 e. The highest BCUT2D eigenvalue weighted by molar-refractivity contribution is 7.98. The molecule has 1 aromatic heterocycles. The van der Waals surface area contributed by atoms with E-state index in [9.17, 15) is 10.1 Å². The van der Waals surface area contributed by atoms with Crippen LogP contribution in [0.25, 0.3) is 0 Å². The quantitative estimate of drug-likeness (QED) is 0.828. The van der Waals surface area contributed by atoms with Crippen molar-refractivity contribution in [1.29, 1.82) is 5.26 Å². The minimum absolute atomic E-state index is 0.0453. The van der Waals surface area contributed by atoms with E-state index in [1.807, 2.05) is 30.5 Å². The zero-order valence-electron chi connectivity index (χ0n) is 12.7. The minimum atomic E-state index is -0.524. The van der Waals surface area contributed by atoms with Crippen LogP contribution >= 0.6 is 11.8 Å². The summed E-state index contributed by atoms with van der Waals surface area (Å²) in [4.78, 5) is 16.3. The average Bonchev–Trinajstić information content (AvgIpc) is 2.53. The van der Waals surface area contributed by atoms with Crippen LogP contribution in [0.5, 0.6) is 5.75 Å². The fourth-order valence-corrected chi connectivity index (χ4v) is 3.14. The van der Waals surface area contributed by atoms with E-state index in [-0.39, 0.29) is 17.0 Å². The minimum Gasteiger partial charge on any atom is -0.440 e. The zero-order chi connectivity index (χ0) is 16.6. The molecule has 6 heteroatoms. The number of nitriles is 1. The van der Waals surface area contributed by atoms with Crippen molar-refractivity contribution in [2.75, 3.05) is 6.26 Å². The number of rotatable bonds is 2. The molecule has 1 aliphatic heterocycles. The SMILES string of the molecule is CSc1ccc(C2C(C#N)=C(N)Oc3cc(C)[nH]c(=O)c32)cc1. The summed E-state index contributed by atoms with van der Waals surface area (Å²) in [6.07, 6.45) is 1.99. The standard InChI is InChI=1S/C17H15N3O2S/c1-9-7-13-15(17(21)20-9)14(12(8-18)16(19)22-13)10-3-5-11(23-2)6-4-10/h3-7,14H,19H2,1-2H3,(H,20,21). The Morgan fingerprint density at radius 1 is 1.35 bits per heavy atom. The molecule has 3 N–H and O–H groups in total. The molecule has 1 aliphatic rings. The first-order valence-electron chi connectivity index (χ1n) is 7.00. The van der Waals surface area contributed by atoms with Crippen molar-refractivity contribution in [2.45, 2.75) is 17.7 Å². The number of allylic oxidation sites excluding steroid dienone is 1. The Balaban J connectivity index is 2.24. The first-order chi connectivity index (χ1) is 11.0. The molecule has 116 valence electrons. The van der Waals surface area contributed by atoms with Crippen LogP contribution in [0.3, 0.4) is 0 Å². The second kappa shape index (κ2) is 5.86. The van der Waals surface area contributed by atoms with Gasteiger partial charge < -0.3 is 15.5 Å². The van der Waals surface area contributed by atoms with Gasteiger partial charge in [0.1, 0.15) is 17.4 Å². The number of H-pyrrole nitrogens is 1. The summed E-state index contributed by atoms with van der Waals surface area (Å²) < 4.78 is 5.50. The highest BCUT2D eigenvalue weighted by Crippen LogP contribution is 2.40. The Bertz CT molecular complexity index is 892. The van der Waals surface area contributed by atoms with Crippen LogP contribution in [-0.2, 0) is 0 Å². The Hall–Kier alpha value is -2.65. The Morgan fingerprint density at radius 3 is 2.65 bits per heavy atom. The van der Waals surface area contributed by atoms with Gasteiger partial charge in [-0.2, -0.15) is 5.26 Å². The van der Waals surface area contributed by atoms with Crippen LogP contribution in [0.15, 0.2) is 51.5 Å². The van der Waals surface area contributed by atoms with Crippen molar-refractivity contribution in [3.63, 3.8) is 0 Å². The van der Waals surface area contributed by atoms with E-state index >= 15 is 0 Å². The Kier molecular flexibility index (Phi) is 3.89. The molecule has 0 saturated carbocycles. The maximum absolute atomic E-state index is 12.4. The van der Waals surface area contributed by atoms with Crippen molar-refractivity contribution >= 4 is 11.8 Å². The van der Waals surface area contributed by atoms with E-state index in [4.69, 9.17) is 10.5 Å². The number of ether oxygens (including phenoxy) is 1. The second-order valence-electron chi connectivity index (χ2n) is 5.26. The van der Waals surface area contributed by atoms with Gasteiger partial charge in [-0.1, -0.05) is 12.1 Å². The molecule has 1 aromatic carbocycles. The molecule has 2 aromatic rings. The maximum Gasteiger partial charge on any atom is 0.256 e. The number of nitrogens with one attached hydrogen (secondary N) is 1. The lowest BCUT2D eigenvalue weighted by Gasteiger charge is -2.25. The molecule has 0 spiro atoms. The van der Waals surface area contributed by atoms with E-state index < -0.39 is 5.92 Å². The van der Waals surface area contributed by atoms with Gasteiger partial charge in [0.25, 0.3) is 5.56 Å². The molecular formula is C17H15N3O2S. The lowest BCUT2D eigenvalue weighted by Crippen LogP contribution is -2.28. The molecule has 0 aliphatic carbocycles. The third-order valence-corrected chi connectivity index (χ3v) is 4.54. The molecule has 0 saturated heterocycles. The van der Waals surface area contributed by atoms with Gasteiger partial charge >= 0.3 is 0 Å². The van der Waals surface area contributed by atoms with Gasteiger partial charge in [-0.25, -0.2) is 0 Å². The van der Waals surface area contributed by atoms with Crippen molar-refractivity contribution in [3.05, 3.63) is 69.0 Å². The lowest BCUT2D eigenvalue weighted by atomic mass is 9.84. The number of benzene rings is 1. The summed E-state index contributed by atoms with van der Waals surface area (Å²) in [5, 5.41) is 9.48. The maximum atomic E-state index is 12.4. The number of hydrogen-bond acceptors (Lipinski definition) is 5. The molecule has 0 radical (unpaired) electrons. The molecule has 2 heterocycles. The van der Waals surface area contributed by atoms with Crippen molar-refractivity contribution in [2.24, 2.45) is 5.73 Å². The fourth-order valence-electron chi connectivity index (χ4n) is 2.74. The Morgan fingerprint density at radius 2 is 2.04 bits per heavy atom. The molecule has 3 rings (SSSR count). The number of aromatic nitrogens is 1. The van der Waals surface area contributed by atoms with Crippen molar-refractivity contribution in [1.82, 2.24) is 4.98 Å². The highest BCUT2D eigenvalue weighted by atomic mass is 32.2. The summed E-state index contributed by atoms with van der Waals surface area (Å²) in [7, 11) is 0. The smallest absolute Gasteiger partial charge is 0.256 e. The van der Waals surface area contributed by atoms with Gasteiger partial charge in [-0.3, -0.25) is 4.79 Å². The Labute approximate surface area is 137 Å². The summed E-state index contributed by atoms with van der Waals surface area (Å²) in [5.74, 6) is -0.0744. The van der Waals surface area contributed by atoms with E-state index in [1.165, 1.54) is 0 Å². The van der Waals surface area contributed by atoms with E-state index in [1.54, 1.807) is 24.8 Å². The van der Waals surface area contributed by atoms with Crippen LogP contribution in [0.4, 0.5) is 0 Å². The summed E-state index contributed by atoms with van der Waals surface area (Å²) in [6, 6.07) is 11.6. The number of nitrogens with zero attached hydrogens (tertiary/aromatic N) is 1. The summed E-state index contributed by atoms with van der Waals surface area (Å²) in [5.41, 5.74) is 7.82. The van der Waals surface area contributed by atoms with Gasteiger partial charge in [0.2, 0.25) is 5.88 Å². The molecule has 1 unspecified atom stereocenters. The van der Waals surface area contributed by atoms with Gasteiger partial charge in [0, 0.05) is 16.7 Å². The molecule has 5 nitrogen and oxygen atoms in total.